The van der Waals surface area contributed by atoms with Crippen molar-refractivity contribution in [3.05, 3.63) is 36.5 Å². The summed E-state index contributed by atoms with van der Waals surface area (Å²) in [6.07, 6.45) is 0.674. The van der Waals surface area contributed by atoms with E-state index < -0.39 is 24.0 Å². The molecule has 0 radical (unpaired) electrons. The smallest absolute Gasteiger partial charge is 0.404 e. The molecule has 1 aromatic carbocycles. The van der Waals surface area contributed by atoms with E-state index in [1.54, 1.807) is 37.3 Å². The number of nitrogens with one attached hydrogen (secondary N) is 1. The van der Waals surface area contributed by atoms with Crippen LogP contribution in [0.3, 0.4) is 0 Å². The first-order valence-electron chi connectivity index (χ1n) is 9.80. The number of alkyl halides is 2. The zero-order chi connectivity index (χ0) is 22.0. The number of carbonyl (C=O) groups is 1. The number of oxazole rings is 1. The summed E-state index contributed by atoms with van der Waals surface area (Å²) in [7, 11) is 0. The molecule has 3 aromatic rings. The van der Waals surface area contributed by atoms with Crippen LogP contribution < -0.4 is 14.8 Å². The van der Waals surface area contributed by atoms with Gasteiger partial charge < -0.3 is 24.3 Å². The Balaban J connectivity index is 1.36. The minimum atomic E-state index is -2.52. The maximum absolute atomic E-state index is 12.9. The van der Waals surface area contributed by atoms with E-state index in [9.17, 15) is 13.6 Å². The van der Waals surface area contributed by atoms with Crippen LogP contribution in [0.15, 0.2) is 40.9 Å². The van der Waals surface area contributed by atoms with Gasteiger partial charge in [-0.1, -0.05) is 0 Å². The summed E-state index contributed by atoms with van der Waals surface area (Å²) >= 11 is 0. The summed E-state index contributed by atoms with van der Waals surface area (Å²) in [6.45, 7) is 2.04. The first kappa shape index (κ1) is 20.8. The summed E-state index contributed by atoms with van der Waals surface area (Å²) in [5, 5.41) is 11.0. The standard InChI is InChI=1S/C21H21F2N3O5/c1-12(25-20(27)28)11-30-18-8-17-16(10-24-18)26-19(31-17)13-2-4-15(5-3-13)29-7-6-14-9-21(14,22)23/h2-5,8,10,12,14,25H,6-7,9,11H2,1H3,(H,27,28)/t12-,14?/m0/s1. The first-order chi connectivity index (χ1) is 14.8. The van der Waals surface area contributed by atoms with Gasteiger partial charge in [-0.25, -0.2) is 23.5 Å². The average molecular weight is 433 g/mol. The highest BCUT2D eigenvalue weighted by Gasteiger charge is 2.56. The van der Waals surface area contributed by atoms with Gasteiger partial charge in [0.2, 0.25) is 11.8 Å². The van der Waals surface area contributed by atoms with Crippen molar-refractivity contribution in [1.29, 1.82) is 0 Å². The predicted molar refractivity (Wildman–Crippen MR) is 107 cm³/mol. The summed E-state index contributed by atoms with van der Waals surface area (Å²) in [4.78, 5) is 19.2. The van der Waals surface area contributed by atoms with Crippen LogP contribution in [0.1, 0.15) is 19.8 Å². The van der Waals surface area contributed by atoms with Gasteiger partial charge in [-0.05, 0) is 37.6 Å². The van der Waals surface area contributed by atoms with E-state index in [0.717, 1.165) is 5.56 Å². The third kappa shape index (κ3) is 5.19. The fourth-order valence-electron chi connectivity index (χ4n) is 3.07. The molecule has 10 heteroatoms. The lowest BCUT2D eigenvalue weighted by molar-refractivity contribution is 0.0930. The number of rotatable bonds is 9. The van der Waals surface area contributed by atoms with Gasteiger partial charge in [0, 0.05) is 24.0 Å². The number of nitrogens with zero attached hydrogens (tertiary/aromatic N) is 2. The fourth-order valence-corrected chi connectivity index (χ4v) is 3.07. The largest absolute Gasteiger partial charge is 0.494 e. The van der Waals surface area contributed by atoms with Crippen LogP contribution in [0.25, 0.3) is 22.6 Å². The first-order valence-corrected chi connectivity index (χ1v) is 9.80. The molecular weight excluding hydrogens is 412 g/mol. The molecule has 1 unspecified atom stereocenters. The number of hydrogen-bond acceptors (Lipinski definition) is 6. The highest BCUT2D eigenvalue weighted by Crippen LogP contribution is 2.50. The number of pyridine rings is 1. The predicted octanol–water partition coefficient (Wildman–Crippen LogP) is 4.35. The topological polar surface area (TPSA) is 107 Å². The molecule has 0 spiro atoms. The lowest BCUT2D eigenvalue weighted by atomic mass is 10.2. The van der Waals surface area contributed by atoms with Gasteiger partial charge >= 0.3 is 6.09 Å². The fraction of sp³-hybridized carbons (Fsp3) is 0.381. The number of aromatic nitrogens is 2. The third-order valence-corrected chi connectivity index (χ3v) is 4.89. The minimum absolute atomic E-state index is 0.0487. The van der Waals surface area contributed by atoms with Gasteiger partial charge in [0.1, 0.15) is 17.9 Å². The molecule has 1 saturated carbocycles. The Morgan fingerprint density at radius 3 is 2.77 bits per heavy atom. The zero-order valence-electron chi connectivity index (χ0n) is 16.7. The average Bonchev–Trinajstić information content (AvgIpc) is 3.13. The number of halogens is 2. The molecule has 31 heavy (non-hydrogen) atoms. The van der Waals surface area contributed by atoms with E-state index in [1.807, 2.05) is 0 Å². The molecule has 2 atom stereocenters. The molecule has 2 heterocycles. The van der Waals surface area contributed by atoms with Crippen LogP contribution in [0.2, 0.25) is 0 Å². The summed E-state index contributed by atoms with van der Waals surface area (Å²) in [6, 6.07) is 8.20. The second-order valence-corrected chi connectivity index (χ2v) is 7.49. The molecule has 2 aromatic heterocycles. The second-order valence-electron chi connectivity index (χ2n) is 7.49. The molecule has 8 nitrogen and oxygen atoms in total. The summed E-state index contributed by atoms with van der Waals surface area (Å²) in [5.74, 6) is -1.82. The monoisotopic (exact) mass is 433 g/mol. The number of benzene rings is 1. The van der Waals surface area contributed by atoms with Crippen LogP contribution in [0.4, 0.5) is 13.6 Å². The van der Waals surface area contributed by atoms with Crippen molar-refractivity contribution in [2.45, 2.75) is 31.7 Å². The molecule has 0 saturated heterocycles. The van der Waals surface area contributed by atoms with Crippen molar-refractivity contribution < 1.29 is 32.6 Å². The van der Waals surface area contributed by atoms with E-state index in [4.69, 9.17) is 19.0 Å². The third-order valence-electron chi connectivity index (χ3n) is 4.89. The van der Waals surface area contributed by atoms with E-state index in [0.29, 0.717) is 35.0 Å². The molecule has 0 bridgehead atoms. The maximum Gasteiger partial charge on any atom is 0.404 e. The lowest BCUT2D eigenvalue weighted by Crippen LogP contribution is -2.35. The molecule has 0 aliphatic heterocycles. The van der Waals surface area contributed by atoms with Gasteiger partial charge in [-0.3, -0.25) is 0 Å². The van der Waals surface area contributed by atoms with E-state index >= 15 is 0 Å². The van der Waals surface area contributed by atoms with Crippen LogP contribution in [-0.2, 0) is 0 Å². The Morgan fingerprint density at radius 2 is 2.10 bits per heavy atom. The summed E-state index contributed by atoms with van der Waals surface area (Å²) in [5.41, 5.74) is 1.74. The molecule has 1 fully saturated rings. The van der Waals surface area contributed by atoms with Crippen molar-refractivity contribution in [1.82, 2.24) is 15.3 Å². The van der Waals surface area contributed by atoms with Gasteiger partial charge in [0.15, 0.2) is 5.58 Å². The number of fused-ring (bicyclic) bond motifs is 1. The molecular formula is C21H21F2N3O5. The van der Waals surface area contributed by atoms with Crippen molar-refractivity contribution in [3.8, 4) is 23.1 Å². The molecule has 1 aliphatic rings. The zero-order valence-corrected chi connectivity index (χ0v) is 16.7. The van der Waals surface area contributed by atoms with Gasteiger partial charge in [0.25, 0.3) is 5.92 Å². The van der Waals surface area contributed by atoms with Crippen LogP contribution in [0.5, 0.6) is 11.6 Å². The Kier molecular flexibility index (Phi) is 5.62. The van der Waals surface area contributed by atoms with Crippen molar-refractivity contribution in [3.63, 3.8) is 0 Å². The number of hydrogen-bond donors (Lipinski definition) is 2. The van der Waals surface area contributed by atoms with Crippen LogP contribution >= 0.6 is 0 Å². The molecule has 2 N–H and O–H groups in total. The van der Waals surface area contributed by atoms with E-state index in [2.05, 4.69) is 15.3 Å². The van der Waals surface area contributed by atoms with Crippen molar-refractivity contribution in [2.24, 2.45) is 5.92 Å². The lowest BCUT2D eigenvalue weighted by Gasteiger charge is -2.11. The second kappa shape index (κ2) is 8.37. The number of carboxylic acid groups (broad SMARTS) is 1. The minimum Gasteiger partial charge on any atom is -0.494 e. The highest BCUT2D eigenvalue weighted by atomic mass is 19.3. The Hall–Kier alpha value is -3.43. The van der Waals surface area contributed by atoms with Crippen molar-refractivity contribution in [2.75, 3.05) is 13.2 Å². The highest BCUT2D eigenvalue weighted by molar-refractivity contribution is 5.76. The van der Waals surface area contributed by atoms with E-state index in [1.165, 1.54) is 6.20 Å². The Morgan fingerprint density at radius 1 is 1.35 bits per heavy atom. The summed E-state index contributed by atoms with van der Waals surface area (Å²) < 4.78 is 42.6. The normalized spacial score (nSPS) is 17.8. The number of amides is 1. The molecule has 164 valence electrons. The van der Waals surface area contributed by atoms with E-state index in [-0.39, 0.29) is 19.6 Å². The number of ether oxygens (including phenoxy) is 2. The van der Waals surface area contributed by atoms with Crippen molar-refractivity contribution >= 4 is 17.2 Å². The SMILES string of the molecule is C[C@@H](COc1cc2oc(-c3ccc(OCCC4CC4(F)F)cc3)nc2cn1)NC(=O)O. The maximum atomic E-state index is 12.9. The van der Waals surface area contributed by atoms with Gasteiger partial charge in [0.05, 0.1) is 18.8 Å². The van der Waals surface area contributed by atoms with Gasteiger partial charge in [-0.2, -0.15) is 0 Å². The Bertz CT molecular complexity index is 1070. The Labute approximate surface area is 176 Å². The quantitative estimate of drug-likeness (QED) is 0.517. The van der Waals surface area contributed by atoms with Crippen LogP contribution in [0, 0.1) is 5.92 Å². The van der Waals surface area contributed by atoms with Gasteiger partial charge in [-0.15, -0.1) is 0 Å². The molecule has 1 aliphatic carbocycles. The molecule has 4 rings (SSSR count). The molecule has 1 amide bonds. The van der Waals surface area contributed by atoms with Crippen LogP contribution in [-0.4, -0.2) is 46.3 Å².